The molecule has 1 aliphatic heterocycles. The van der Waals surface area contributed by atoms with Gasteiger partial charge in [0.1, 0.15) is 0 Å². The molecule has 1 saturated heterocycles. The zero-order chi connectivity index (χ0) is 12.0. The molecule has 0 atom stereocenters. The van der Waals surface area contributed by atoms with Crippen molar-refractivity contribution < 1.29 is 4.74 Å². The summed E-state index contributed by atoms with van der Waals surface area (Å²) in [4.78, 5) is 3.13. The fourth-order valence-corrected chi connectivity index (χ4v) is 2.19. The Labute approximate surface area is 104 Å². The molecule has 1 fully saturated rings. The van der Waals surface area contributed by atoms with Gasteiger partial charge in [0, 0.05) is 19.1 Å². The highest BCUT2D eigenvalue weighted by Gasteiger charge is 2.20. The first-order chi connectivity index (χ1) is 7.59. The van der Waals surface area contributed by atoms with E-state index < -0.39 is 0 Å². The molecule has 0 saturated carbocycles. The van der Waals surface area contributed by atoms with E-state index in [9.17, 15) is 0 Å². The van der Waals surface area contributed by atoms with Gasteiger partial charge in [-0.15, -0.1) is 0 Å². The van der Waals surface area contributed by atoms with E-state index >= 15 is 0 Å². The van der Waals surface area contributed by atoms with E-state index in [0.717, 1.165) is 45.7 Å². The third kappa shape index (κ3) is 5.23. The first-order valence-corrected chi connectivity index (χ1v) is 6.60. The van der Waals surface area contributed by atoms with Crippen LogP contribution in [0.1, 0.15) is 26.7 Å². The molecule has 0 aromatic rings. The van der Waals surface area contributed by atoms with Crippen LogP contribution < -0.4 is 5.73 Å². The molecule has 0 unspecified atom stereocenters. The minimum absolute atomic E-state index is 0.461. The Balaban J connectivity index is 2.06. The van der Waals surface area contributed by atoms with Crippen molar-refractivity contribution >= 4 is 17.2 Å². The Hall–Kier alpha value is -0.190. The highest BCUT2D eigenvalue weighted by molar-refractivity contribution is 7.80. The van der Waals surface area contributed by atoms with Gasteiger partial charge < -0.3 is 15.4 Å². The Kier molecular flexibility index (Phi) is 6.24. The largest absolute Gasteiger partial charge is 0.393 e. The summed E-state index contributed by atoms with van der Waals surface area (Å²) in [6.07, 6.45) is 2.22. The van der Waals surface area contributed by atoms with E-state index in [1.54, 1.807) is 0 Å². The number of nitrogens with zero attached hydrogens (tertiary/aromatic N) is 1. The predicted molar refractivity (Wildman–Crippen MR) is 71.6 cm³/mol. The zero-order valence-corrected chi connectivity index (χ0v) is 11.3. The first kappa shape index (κ1) is 13.9. The average molecular weight is 244 g/mol. The van der Waals surface area contributed by atoms with Crippen molar-refractivity contribution in [1.29, 1.82) is 0 Å². The summed E-state index contributed by atoms with van der Waals surface area (Å²) in [5.74, 6) is 1.09. The van der Waals surface area contributed by atoms with Crippen LogP contribution in [0.4, 0.5) is 0 Å². The lowest BCUT2D eigenvalue weighted by Crippen LogP contribution is -2.39. The molecule has 16 heavy (non-hydrogen) atoms. The fraction of sp³-hybridized carbons (Fsp3) is 0.917. The van der Waals surface area contributed by atoms with Crippen molar-refractivity contribution in [2.24, 2.45) is 17.6 Å². The van der Waals surface area contributed by atoms with Gasteiger partial charge in [-0.05, 0) is 31.8 Å². The van der Waals surface area contributed by atoms with Crippen molar-refractivity contribution in [2.75, 3.05) is 32.8 Å². The lowest BCUT2D eigenvalue weighted by atomic mass is 9.97. The summed E-state index contributed by atoms with van der Waals surface area (Å²) in [5.41, 5.74) is 5.66. The summed E-state index contributed by atoms with van der Waals surface area (Å²) < 4.78 is 5.58. The van der Waals surface area contributed by atoms with Gasteiger partial charge in [-0.1, -0.05) is 26.1 Å². The molecule has 94 valence electrons. The van der Waals surface area contributed by atoms with Crippen molar-refractivity contribution in [1.82, 2.24) is 4.90 Å². The van der Waals surface area contributed by atoms with Crippen LogP contribution in [-0.2, 0) is 4.74 Å². The van der Waals surface area contributed by atoms with Crippen LogP contribution in [0.5, 0.6) is 0 Å². The van der Waals surface area contributed by atoms with E-state index in [2.05, 4.69) is 18.7 Å². The molecule has 2 N–H and O–H groups in total. The molecule has 1 rings (SSSR count). The molecule has 0 bridgehead atoms. The van der Waals surface area contributed by atoms with Crippen molar-refractivity contribution in [3.8, 4) is 0 Å². The number of piperidine rings is 1. The van der Waals surface area contributed by atoms with Gasteiger partial charge >= 0.3 is 0 Å². The van der Waals surface area contributed by atoms with E-state index in [1.807, 2.05) is 0 Å². The molecular formula is C12H24N2OS. The highest BCUT2D eigenvalue weighted by Crippen LogP contribution is 2.16. The van der Waals surface area contributed by atoms with Crippen LogP contribution in [0.3, 0.4) is 0 Å². The third-order valence-corrected chi connectivity index (χ3v) is 3.33. The van der Waals surface area contributed by atoms with Gasteiger partial charge in [0.15, 0.2) is 0 Å². The minimum Gasteiger partial charge on any atom is -0.393 e. The maximum atomic E-state index is 5.66. The number of ether oxygens (including phenoxy) is 1. The van der Waals surface area contributed by atoms with Gasteiger partial charge in [-0.2, -0.15) is 0 Å². The second kappa shape index (κ2) is 7.20. The minimum atomic E-state index is 0.461. The highest BCUT2D eigenvalue weighted by atomic mass is 32.1. The van der Waals surface area contributed by atoms with E-state index in [-0.39, 0.29) is 0 Å². The molecule has 1 aliphatic rings. The molecule has 0 radical (unpaired) electrons. The summed E-state index contributed by atoms with van der Waals surface area (Å²) in [7, 11) is 0. The molecule has 0 aliphatic carbocycles. The van der Waals surface area contributed by atoms with Crippen molar-refractivity contribution in [3.05, 3.63) is 0 Å². The summed E-state index contributed by atoms with van der Waals surface area (Å²) in [6.45, 7) is 9.30. The predicted octanol–water partition coefficient (Wildman–Crippen LogP) is 1.66. The second-order valence-electron chi connectivity index (χ2n) is 4.99. The molecule has 0 spiro atoms. The molecule has 0 amide bonds. The Morgan fingerprint density at radius 1 is 1.44 bits per heavy atom. The van der Waals surface area contributed by atoms with Crippen molar-refractivity contribution in [3.63, 3.8) is 0 Å². The van der Waals surface area contributed by atoms with E-state index in [4.69, 9.17) is 22.7 Å². The first-order valence-electron chi connectivity index (χ1n) is 6.19. The Morgan fingerprint density at radius 3 is 2.56 bits per heavy atom. The quantitative estimate of drug-likeness (QED) is 0.570. The maximum Gasteiger partial charge on any atom is 0.0759 e. The molecule has 3 nitrogen and oxygen atoms in total. The molecule has 1 heterocycles. The number of hydrogen-bond acceptors (Lipinski definition) is 3. The number of rotatable bonds is 6. The van der Waals surface area contributed by atoms with Gasteiger partial charge in [-0.3, -0.25) is 0 Å². The second-order valence-corrected chi connectivity index (χ2v) is 5.46. The topological polar surface area (TPSA) is 38.5 Å². The SMILES string of the molecule is CC(C)COCCN1CCC(C(N)=S)CC1. The average Bonchev–Trinajstić information content (AvgIpc) is 2.25. The zero-order valence-electron chi connectivity index (χ0n) is 10.4. The van der Waals surface area contributed by atoms with Crippen LogP contribution in [0.25, 0.3) is 0 Å². The third-order valence-electron chi connectivity index (χ3n) is 2.99. The number of hydrogen-bond donors (Lipinski definition) is 1. The number of thiocarbonyl (C=S) groups is 1. The van der Waals surface area contributed by atoms with E-state index in [0.29, 0.717) is 16.8 Å². The van der Waals surface area contributed by atoms with Gasteiger partial charge in [0.05, 0.1) is 11.6 Å². The van der Waals surface area contributed by atoms with Crippen LogP contribution in [0.15, 0.2) is 0 Å². The summed E-state index contributed by atoms with van der Waals surface area (Å²) >= 11 is 5.02. The fourth-order valence-electron chi connectivity index (χ4n) is 1.95. The Morgan fingerprint density at radius 2 is 2.06 bits per heavy atom. The Bertz CT molecular complexity index is 213. The molecule has 4 heteroatoms. The van der Waals surface area contributed by atoms with Crippen LogP contribution in [-0.4, -0.2) is 42.7 Å². The van der Waals surface area contributed by atoms with E-state index in [1.165, 1.54) is 0 Å². The van der Waals surface area contributed by atoms with Gasteiger partial charge in [-0.25, -0.2) is 0 Å². The standard InChI is InChI=1S/C12H24N2OS/c1-10(2)9-15-8-7-14-5-3-11(4-6-14)12(13)16/h10-11H,3-9H2,1-2H3,(H2,13,16). The smallest absolute Gasteiger partial charge is 0.0759 e. The summed E-state index contributed by atoms with van der Waals surface area (Å²) in [5, 5.41) is 0. The lowest BCUT2D eigenvalue weighted by Gasteiger charge is -2.31. The van der Waals surface area contributed by atoms with Crippen molar-refractivity contribution in [2.45, 2.75) is 26.7 Å². The molecular weight excluding hydrogens is 220 g/mol. The monoisotopic (exact) mass is 244 g/mol. The molecule has 0 aromatic heterocycles. The number of nitrogens with two attached hydrogens (primary N) is 1. The summed E-state index contributed by atoms with van der Waals surface area (Å²) in [6, 6.07) is 0. The molecule has 0 aromatic carbocycles. The van der Waals surface area contributed by atoms with Gasteiger partial charge in [0.25, 0.3) is 0 Å². The normalized spacial score (nSPS) is 19.2. The van der Waals surface area contributed by atoms with Crippen LogP contribution in [0.2, 0.25) is 0 Å². The number of likely N-dealkylation sites (tertiary alicyclic amines) is 1. The van der Waals surface area contributed by atoms with Crippen LogP contribution >= 0.6 is 12.2 Å². The maximum absolute atomic E-state index is 5.66. The van der Waals surface area contributed by atoms with Gasteiger partial charge in [0.2, 0.25) is 0 Å². The van der Waals surface area contributed by atoms with Crippen LogP contribution in [0, 0.1) is 11.8 Å². The lowest BCUT2D eigenvalue weighted by molar-refractivity contribution is 0.0775.